The summed E-state index contributed by atoms with van der Waals surface area (Å²) in [4.78, 5) is 14.6. The maximum absolute atomic E-state index is 12.5. The Morgan fingerprint density at radius 2 is 2.39 bits per heavy atom. The zero-order valence-electron chi connectivity index (χ0n) is 9.55. The molecular weight excluding hydrogens is 246 g/mol. The third-order valence-electron chi connectivity index (χ3n) is 2.43. The number of aliphatic imine (C=N–C) groups is 1. The third-order valence-corrected chi connectivity index (χ3v) is 2.43. The number of carboxylic acid groups (broad SMARTS) is 1. The lowest BCUT2D eigenvalue weighted by Gasteiger charge is -2.22. The molecule has 0 fully saturated rings. The van der Waals surface area contributed by atoms with Crippen molar-refractivity contribution in [3.05, 3.63) is 24.2 Å². The van der Waals surface area contributed by atoms with Crippen molar-refractivity contribution in [2.24, 2.45) is 10.7 Å². The number of rotatable bonds is 7. The fourth-order valence-corrected chi connectivity index (χ4v) is 1.29. The number of carbonyl (C=O) groups is 1. The number of carboxylic acids is 1. The lowest BCUT2D eigenvalue weighted by Crippen LogP contribution is -2.54. The number of hydrogen-bond donors (Lipinski definition) is 2. The van der Waals surface area contributed by atoms with Crippen LogP contribution in [0.25, 0.3) is 0 Å². The van der Waals surface area contributed by atoms with Crippen molar-refractivity contribution in [2.75, 3.05) is 6.54 Å². The standard InChI is InChI=1S/C11H14F2N2O3/c12-9(13)11(14,10(16)17)4-2-5-15-7-8-3-1-6-18-8/h1,3,6-7,9H,2,4-5,14H2,(H,16,17)/b15-7+. The van der Waals surface area contributed by atoms with Gasteiger partial charge >= 0.3 is 5.97 Å². The summed E-state index contributed by atoms with van der Waals surface area (Å²) in [6.45, 7) is 0.208. The van der Waals surface area contributed by atoms with Crippen LogP contribution in [0.1, 0.15) is 18.6 Å². The lowest BCUT2D eigenvalue weighted by atomic mass is 9.95. The molecule has 0 aliphatic heterocycles. The molecule has 0 aromatic carbocycles. The van der Waals surface area contributed by atoms with Gasteiger partial charge in [-0.2, -0.15) is 0 Å². The number of furan rings is 1. The Kier molecular flexibility index (Phi) is 4.96. The van der Waals surface area contributed by atoms with Crippen LogP contribution >= 0.6 is 0 Å². The second kappa shape index (κ2) is 6.25. The molecule has 7 heteroatoms. The van der Waals surface area contributed by atoms with Crippen LogP contribution in [0.2, 0.25) is 0 Å². The van der Waals surface area contributed by atoms with Gasteiger partial charge in [-0.15, -0.1) is 0 Å². The molecule has 1 aromatic rings. The zero-order valence-corrected chi connectivity index (χ0v) is 9.55. The van der Waals surface area contributed by atoms with Gasteiger partial charge in [0.15, 0.2) is 5.54 Å². The van der Waals surface area contributed by atoms with E-state index in [1.165, 1.54) is 12.5 Å². The number of aliphatic carboxylic acids is 1. The van der Waals surface area contributed by atoms with Crippen molar-refractivity contribution in [3.63, 3.8) is 0 Å². The minimum absolute atomic E-state index is 0.157. The van der Waals surface area contributed by atoms with Crippen molar-refractivity contribution in [3.8, 4) is 0 Å². The first-order valence-electron chi connectivity index (χ1n) is 5.30. The normalized spacial score (nSPS) is 15.1. The Bertz CT molecular complexity index is 406. The number of nitrogens with zero attached hydrogens (tertiary/aromatic N) is 1. The molecule has 0 amide bonds. The van der Waals surface area contributed by atoms with Gasteiger partial charge < -0.3 is 15.3 Å². The summed E-state index contributed by atoms with van der Waals surface area (Å²) in [7, 11) is 0. The number of halogens is 2. The van der Waals surface area contributed by atoms with Crippen LogP contribution in [0.4, 0.5) is 8.78 Å². The van der Waals surface area contributed by atoms with E-state index < -0.39 is 17.9 Å². The summed E-state index contributed by atoms with van der Waals surface area (Å²) < 4.78 is 30.0. The molecule has 0 bridgehead atoms. The molecule has 100 valence electrons. The quantitative estimate of drug-likeness (QED) is 0.574. The maximum Gasteiger partial charge on any atom is 0.329 e. The summed E-state index contributed by atoms with van der Waals surface area (Å²) in [6, 6.07) is 3.38. The van der Waals surface area contributed by atoms with Gasteiger partial charge in [0.2, 0.25) is 0 Å². The van der Waals surface area contributed by atoms with Crippen molar-refractivity contribution in [2.45, 2.75) is 24.8 Å². The van der Waals surface area contributed by atoms with Gasteiger partial charge in [-0.1, -0.05) is 0 Å². The van der Waals surface area contributed by atoms with Crippen LogP contribution in [-0.2, 0) is 4.79 Å². The highest BCUT2D eigenvalue weighted by Gasteiger charge is 2.43. The van der Waals surface area contributed by atoms with E-state index in [-0.39, 0.29) is 19.4 Å². The van der Waals surface area contributed by atoms with Crippen LogP contribution in [0.5, 0.6) is 0 Å². The second-order valence-electron chi connectivity index (χ2n) is 3.80. The predicted molar refractivity (Wildman–Crippen MR) is 61.0 cm³/mol. The van der Waals surface area contributed by atoms with Gasteiger partial charge in [0.1, 0.15) is 5.76 Å². The molecule has 5 nitrogen and oxygen atoms in total. The number of alkyl halides is 2. The summed E-state index contributed by atoms with van der Waals surface area (Å²) in [6.07, 6.45) is -0.363. The summed E-state index contributed by atoms with van der Waals surface area (Å²) >= 11 is 0. The van der Waals surface area contributed by atoms with Gasteiger partial charge in [-0.05, 0) is 25.0 Å². The van der Waals surface area contributed by atoms with Crippen molar-refractivity contribution >= 4 is 12.2 Å². The van der Waals surface area contributed by atoms with Crippen LogP contribution in [-0.4, -0.2) is 35.8 Å². The largest absolute Gasteiger partial charge is 0.480 e. The molecule has 0 spiro atoms. The Labute approximate surface area is 102 Å². The summed E-state index contributed by atoms with van der Waals surface area (Å²) in [5.74, 6) is -1.16. The molecule has 1 heterocycles. The summed E-state index contributed by atoms with van der Waals surface area (Å²) in [5.41, 5.74) is 2.64. The number of nitrogens with two attached hydrogens (primary N) is 1. The van der Waals surface area contributed by atoms with Gasteiger partial charge in [-0.3, -0.25) is 4.99 Å². The Morgan fingerprint density at radius 3 is 2.89 bits per heavy atom. The highest BCUT2D eigenvalue weighted by atomic mass is 19.3. The first kappa shape index (κ1) is 14.3. The SMILES string of the molecule is NC(CCC/N=C/c1ccco1)(C(=O)O)C(F)F. The molecule has 3 N–H and O–H groups in total. The van der Waals surface area contributed by atoms with Gasteiger partial charge in [-0.25, -0.2) is 13.6 Å². The van der Waals surface area contributed by atoms with Crippen LogP contribution in [0, 0.1) is 0 Å². The highest BCUT2D eigenvalue weighted by molar-refractivity contribution is 5.79. The molecular formula is C11H14F2N2O3. The molecule has 1 rings (SSSR count). The Hall–Kier alpha value is -1.76. The molecule has 1 aromatic heterocycles. The van der Waals surface area contributed by atoms with E-state index in [9.17, 15) is 13.6 Å². The van der Waals surface area contributed by atoms with E-state index in [1.807, 2.05) is 0 Å². The maximum atomic E-state index is 12.5. The van der Waals surface area contributed by atoms with Crippen molar-refractivity contribution in [1.29, 1.82) is 0 Å². The molecule has 1 atom stereocenters. The molecule has 0 aliphatic carbocycles. The van der Waals surface area contributed by atoms with E-state index in [0.29, 0.717) is 5.76 Å². The zero-order chi connectivity index (χ0) is 13.6. The van der Waals surface area contributed by atoms with E-state index in [0.717, 1.165) is 0 Å². The fourth-order valence-electron chi connectivity index (χ4n) is 1.29. The Balaban J connectivity index is 2.38. The van der Waals surface area contributed by atoms with E-state index in [2.05, 4.69) is 4.99 Å². The van der Waals surface area contributed by atoms with Crippen LogP contribution < -0.4 is 5.73 Å². The van der Waals surface area contributed by atoms with Crippen molar-refractivity contribution in [1.82, 2.24) is 0 Å². The Morgan fingerprint density at radius 1 is 1.67 bits per heavy atom. The van der Waals surface area contributed by atoms with E-state index in [4.69, 9.17) is 15.3 Å². The van der Waals surface area contributed by atoms with Gasteiger partial charge in [0.25, 0.3) is 6.43 Å². The minimum atomic E-state index is -3.11. The van der Waals surface area contributed by atoms with Gasteiger partial charge in [0, 0.05) is 6.54 Å². The predicted octanol–water partition coefficient (Wildman–Crippen LogP) is 1.53. The first-order valence-corrected chi connectivity index (χ1v) is 5.30. The van der Waals surface area contributed by atoms with Crippen LogP contribution in [0.15, 0.2) is 27.8 Å². The molecule has 18 heavy (non-hydrogen) atoms. The molecule has 1 unspecified atom stereocenters. The average Bonchev–Trinajstić information content (AvgIpc) is 2.80. The van der Waals surface area contributed by atoms with Gasteiger partial charge in [0.05, 0.1) is 12.5 Å². The van der Waals surface area contributed by atoms with Crippen LogP contribution in [0.3, 0.4) is 0 Å². The second-order valence-corrected chi connectivity index (χ2v) is 3.80. The third kappa shape index (κ3) is 3.63. The average molecular weight is 260 g/mol. The minimum Gasteiger partial charge on any atom is -0.480 e. The lowest BCUT2D eigenvalue weighted by molar-refractivity contribution is -0.150. The van der Waals surface area contributed by atoms with E-state index in [1.54, 1.807) is 12.1 Å². The smallest absolute Gasteiger partial charge is 0.329 e. The fraction of sp³-hybridized carbons (Fsp3) is 0.455. The monoisotopic (exact) mass is 260 g/mol. The molecule has 0 saturated carbocycles. The molecule has 0 radical (unpaired) electrons. The number of hydrogen-bond acceptors (Lipinski definition) is 4. The topological polar surface area (TPSA) is 88.8 Å². The van der Waals surface area contributed by atoms with Crippen molar-refractivity contribution < 1.29 is 23.1 Å². The molecule has 0 aliphatic rings. The first-order chi connectivity index (χ1) is 8.47. The summed E-state index contributed by atoms with van der Waals surface area (Å²) in [5, 5.41) is 8.65. The molecule has 0 saturated heterocycles. The highest BCUT2D eigenvalue weighted by Crippen LogP contribution is 2.19. The van der Waals surface area contributed by atoms with E-state index >= 15 is 0 Å².